The van der Waals surface area contributed by atoms with Crippen molar-refractivity contribution < 1.29 is 66.7 Å². The molecule has 0 bridgehead atoms. The van der Waals surface area contributed by atoms with Gasteiger partial charge >= 0.3 is 7.82 Å². The molecule has 382 valence electrons. The van der Waals surface area contributed by atoms with E-state index in [2.05, 4.69) is 20.8 Å². The van der Waals surface area contributed by atoms with Crippen molar-refractivity contribution in [2.45, 2.75) is 238 Å². The number of aliphatic hydroxyl groups is 3. The van der Waals surface area contributed by atoms with Gasteiger partial charge in [-0.25, -0.2) is 4.57 Å². The standard InChI is InChI=1S/C51H89O14P/c1-13-38(40(52)21-19-18-20-30-60-66(57,58-16-4)59-17-5)41-23-22-32(6)46(62-41)36(10)44(54)35(9)45(55)39(14-2)47-33(7)31-34(8)50(63-47)27-24-42(53)51(65-50)29-28-48(12,64-51)43-25-26-49(56,15-3)37(11)61-43/h24,27,32-39,41-44,46-47,53-54,56H,13-23,25-26,28-31H2,1-12H3/t32-,33-,34+,35-,36-,37-,38+,39-,41+,42+,43+,44+,46+,47-,48-,49+,50-,51-/m0/s1. The summed E-state index contributed by atoms with van der Waals surface area (Å²) in [6.07, 6.45) is 8.41. The third-order valence-electron chi connectivity index (χ3n) is 16.4. The summed E-state index contributed by atoms with van der Waals surface area (Å²) in [4.78, 5) is 28.3. The Balaban J connectivity index is 1.20. The SMILES string of the molecule is CCOP(=O)(OCC)OCCCCCC(=O)[C@@H](CC)[C@H]1CC[C@H](C)[C@H]([C@@H](C)[C@H](O)[C@H](C)C(=O)[C@H](CC)[C@H]2O[C@]3(C=C[C@@H](O)[C@]4(CC[C@@](C)([C@H]5CC[C@](O)(CC)[C@H](C)O5)O4)O3)[C@H](C)C[C@@H]2C)O1. The Labute approximate surface area is 396 Å². The molecule has 3 N–H and O–H groups in total. The summed E-state index contributed by atoms with van der Waals surface area (Å²) >= 11 is 0. The minimum atomic E-state index is -3.56. The van der Waals surface area contributed by atoms with Crippen molar-refractivity contribution >= 4 is 19.4 Å². The Hall–Kier alpha value is -1.13. The van der Waals surface area contributed by atoms with E-state index in [1.54, 1.807) is 26.0 Å². The van der Waals surface area contributed by atoms with Gasteiger partial charge in [0.1, 0.15) is 17.7 Å². The zero-order valence-electron chi connectivity index (χ0n) is 42.5. The van der Waals surface area contributed by atoms with E-state index in [4.69, 9.17) is 37.3 Å². The summed E-state index contributed by atoms with van der Waals surface area (Å²) in [5.74, 6) is -4.43. The van der Waals surface area contributed by atoms with E-state index in [1.807, 2.05) is 48.5 Å². The van der Waals surface area contributed by atoms with Gasteiger partial charge < -0.3 is 39.0 Å². The number of rotatable bonds is 23. The minimum Gasteiger partial charge on any atom is -0.392 e. The van der Waals surface area contributed by atoms with Crippen LogP contribution in [0.4, 0.5) is 0 Å². The van der Waals surface area contributed by atoms with Crippen LogP contribution < -0.4 is 0 Å². The largest absolute Gasteiger partial charge is 0.474 e. The Morgan fingerprint density at radius 1 is 0.833 bits per heavy atom. The third-order valence-corrected chi connectivity index (χ3v) is 18.1. The second-order valence-electron chi connectivity index (χ2n) is 21.0. The monoisotopic (exact) mass is 957 g/mol. The van der Waals surface area contributed by atoms with Crippen molar-refractivity contribution in [2.24, 2.45) is 41.4 Å². The quantitative estimate of drug-likeness (QED) is 0.0500. The van der Waals surface area contributed by atoms with Crippen LogP contribution in [0.25, 0.3) is 0 Å². The summed E-state index contributed by atoms with van der Waals surface area (Å²) in [5, 5.41) is 34.7. The first-order chi connectivity index (χ1) is 31.1. The number of carbonyl (C=O) groups is 2. The van der Waals surface area contributed by atoms with Gasteiger partial charge in [0.05, 0.1) is 67.6 Å². The number of hydrogen-bond acceptors (Lipinski definition) is 14. The number of ether oxygens (including phenoxy) is 5. The molecule has 5 aliphatic heterocycles. The average Bonchev–Trinajstić information content (AvgIpc) is 3.63. The number of hydrogen-bond donors (Lipinski definition) is 3. The van der Waals surface area contributed by atoms with Gasteiger partial charge in [-0.15, -0.1) is 0 Å². The zero-order chi connectivity index (χ0) is 48.8. The van der Waals surface area contributed by atoms with E-state index in [0.717, 1.165) is 19.3 Å². The zero-order valence-corrected chi connectivity index (χ0v) is 43.4. The second kappa shape index (κ2) is 23.4. The van der Waals surface area contributed by atoms with E-state index in [-0.39, 0.29) is 85.4 Å². The molecule has 14 nitrogen and oxygen atoms in total. The van der Waals surface area contributed by atoms with Crippen LogP contribution in [-0.2, 0) is 51.4 Å². The number of unbranched alkanes of at least 4 members (excludes halogenated alkanes) is 2. The predicted molar refractivity (Wildman–Crippen MR) is 251 cm³/mol. The molecular weight excluding hydrogens is 868 g/mol. The van der Waals surface area contributed by atoms with Crippen molar-refractivity contribution in [2.75, 3.05) is 19.8 Å². The fourth-order valence-electron chi connectivity index (χ4n) is 12.0. The first kappa shape index (κ1) is 55.8. The molecule has 18 atom stereocenters. The Bertz CT molecular complexity index is 1650. The van der Waals surface area contributed by atoms with Crippen molar-refractivity contribution in [1.29, 1.82) is 0 Å². The second-order valence-corrected chi connectivity index (χ2v) is 22.6. The smallest absolute Gasteiger partial charge is 0.392 e. The van der Waals surface area contributed by atoms with Crippen LogP contribution in [0.3, 0.4) is 0 Å². The average molecular weight is 957 g/mol. The lowest BCUT2D eigenvalue weighted by Gasteiger charge is -2.54. The molecule has 4 fully saturated rings. The summed E-state index contributed by atoms with van der Waals surface area (Å²) in [7, 11) is -3.56. The van der Waals surface area contributed by atoms with Crippen molar-refractivity contribution in [1.82, 2.24) is 0 Å². The minimum absolute atomic E-state index is 0.00373. The lowest BCUT2D eigenvalue weighted by atomic mass is 9.72. The first-order valence-electron chi connectivity index (χ1n) is 25.9. The molecule has 0 aromatic heterocycles. The maximum absolute atomic E-state index is 14.7. The fourth-order valence-corrected chi connectivity index (χ4v) is 13.2. The molecule has 5 heterocycles. The van der Waals surface area contributed by atoms with Gasteiger partial charge in [-0.3, -0.25) is 23.2 Å². The number of phosphoric acid groups is 1. The molecular formula is C51H89O14P. The van der Waals surface area contributed by atoms with Crippen molar-refractivity contribution in [3.05, 3.63) is 12.2 Å². The predicted octanol–water partition coefficient (Wildman–Crippen LogP) is 9.43. The van der Waals surface area contributed by atoms with Gasteiger partial charge in [-0.1, -0.05) is 61.8 Å². The van der Waals surface area contributed by atoms with Crippen LogP contribution in [0, 0.1) is 41.4 Å². The Morgan fingerprint density at radius 2 is 1.52 bits per heavy atom. The molecule has 15 heteroatoms. The summed E-state index contributed by atoms with van der Waals surface area (Å²) in [5.41, 5.74) is -1.65. The maximum atomic E-state index is 14.7. The molecule has 0 unspecified atom stereocenters. The van der Waals surface area contributed by atoms with Crippen LogP contribution in [0.2, 0.25) is 0 Å². The first-order valence-corrected chi connectivity index (χ1v) is 27.3. The molecule has 0 aromatic carbocycles. The molecule has 0 saturated carbocycles. The van der Waals surface area contributed by atoms with Crippen molar-refractivity contribution in [3.8, 4) is 0 Å². The van der Waals surface area contributed by atoms with Crippen LogP contribution in [0.1, 0.15) is 173 Å². The molecule has 4 saturated heterocycles. The topological polar surface area (TPSA) is 186 Å². The van der Waals surface area contributed by atoms with Gasteiger partial charge in [-0.2, -0.15) is 0 Å². The summed E-state index contributed by atoms with van der Waals surface area (Å²) < 4.78 is 62.5. The number of aliphatic hydroxyl groups excluding tert-OH is 2. The number of Topliss-reactive ketones (excluding diaryl/α,β-unsaturated/α-hetero) is 2. The highest BCUT2D eigenvalue weighted by Crippen LogP contribution is 2.54. The highest BCUT2D eigenvalue weighted by molar-refractivity contribution is 7.48. The Kier molecular flexibility index (Phi) is 19.8. The number of phosphoric ester groups is 1. The van der Waals surface area contributed by atoms with Gasteiger partial charge in [0.25, 0.3) is 0 Å². The molecule has 5 rings (SSSR count). The summed E-state index contributed by atoms with van der Waals surface area (Å²) in [6, 6.07) is 0. The molecule has 0 radical (unpaired) electrons. The van der Waals surface area contributed by atoms with E-state index < -0.39 is 60.7 Å². The molecule has 2 spiro atoms. The Morgan fingerprint density at radius 3 is 2.14 bits per heavy atom. The molecule has 0 amide bonds. The fraction of sp³-hybridized carbons (Fsp3) is 0.922. The number of carbonyl (C=O) groups excluding carboxylic acids is 2. The van der Waals surface area contributed by atoms with Crippen LogP contribution in [-0.4, -0.2) is 112 Å². The van der Waals surface area contributed by atoms with E-state index in [0.29, 0.717) is 70.6 Å². The lowest BCUT2D eigenvalue weighted by Crippen LogP contribution is -2.63. The van der Waals surface area contributed by atoms with Crippen molar-refractivity contribution in [3.63, 3.8) is 0 Å². The summed E-state index contributed by atoms with van der Waals surface area (Å²) in [6.45, 7) is 24.1. The van der Waals surface area contributed by atoms with Gasteiger partial charge in [0.2, 0.25) is 5.79 Å². The molecule has 5 aliphatic rings. The van der Waals surface area contributed by atoms with Gasteiger partial charge in [0, 0.05) is 42.4 Å². The van der Waals surface area contributed by atoms with Gasteiger partial charge in [-0.05, 0) is 122 Å². The number of ketones is 2. The van der Waals surface area contributed by atoms with E-state index in [1.165, 1.54) is 0 Å². The molecule has 66 heavy (non-hydrogen) atoms. The third kappa shape index (κ3) is 12.1. The van der Waals surface area contributed by atoms with Crippen LogP contribution in [0.15, 0.2) is 12.2 Å². The normalized spacial score (nSPS) is 39.7. The highest BCUT2D eigenvalue weighted by atomic mass is 31.2. The van der Waals surface area contributed by atoms with Crippen LogP contribution >= 0.6 is 7.82 Å². The van der Waals surface area contributed by atoms with E-state index in [9.17, 15) is 29.5 Å². The molecule has 0 aliphatic carbocycles. The van der Waals surface area contributed by atoms with Gasteiger partial charge in [0.15, 0.2) is 5.79 Å². The van der Waals surface area contributed by atoms with Crippen LogP contribution in [0.5, 0.6) is 0 Å². The van der Waals surface area contributed by atoms with E-state index >= 15 is 0 Å². The molecule has 0 aromatic rings. The maximum Gasteiger partial charge on any atom is 0.474 e. The highest BCUT2D eigenvalue weighted by Gasteiger charge is 2.63. The lowest BCUT2D eigenvalue weighted by molar-refractivity contribution is -0.409.